The van der Waals surface area contributed by atoms with Crippen LogP contribution < -0.4 is 4.74 Å². The second kappa shape index (κ2) is 9.72. The molecule has 0 fully saturated rings. The molecule has 40 heavy (non-hydrogen) atoms. The summed E-state index contributed by atoms with van der Waals surface area (Å²) in [4.78, 5) is -1.17. The zero-order valence-corrected chi connectivity index (χ0v) is 18.4. The Morgan fingerprint density at radius 3 is 1.25 bits per heavy atom. The molecule has 232 valence electrons. The fourth-order valence-corrected chi connectivity index (χ4v) is 2.68. The number of alkyl halides is 17. The number of allylic oxidation sites excluding steroid dienone is 2. The summed E-state index contributed by atoms with van der Waals surface area (Å²) in [5.74, 6) is -61.9. The molecule has 0 spiro atoms. The van der Waals surface area contributed by atoms with Gasteiger partial charge in [0, 0.05) is 0 Å². The maximum atomic E-state index is 13.8. The van der Waals surface area contributed by atoms with Crippen LogP contribution >= 0.6 is 0 Å². The average Bonchev–Trinajstić information content (AvgIpc) is 2.75. The van der Waals surface area contributed by atoms with E-state index < -0.39 is 80.2 Å². The standard InChI is InChI=1S/C16H5F19O4S/c17-7(9(19,20)11(23,24)13(27,28)14(29,30)15(31,32)33)8(18)10(21,22)12(25,26)16(34,35)39-5-1-3-6(4-2-5)40(36,37)38/h1-4H,(H,36,37,38)/b8-7+. The molecule has 1 N–H and O–H groups in total. The highest BCUT2D eigenvalue weighted by atomic mass is 32.2. The van der Waals surface area contributed by atoms with E-state index in [1.54, 1.807) is 0 Å². The Labute approximate surface area is 206 Å². The number of halogens is 19. The molecule has 0 aromatic heterocycles. The van der Waals surface area contributed by atoms with Gasteiger partial charge in [-0.15, -0.1) is 0 Å². The largest absolute Gasteiger partial charge is 0.471 e. The van der Waals surface area contributed by atoms with Gasteiger partial charge in [-0.2, -0.15) is 83.1 Å². The third-order valence-electron chi connectivity index (χ3n) is 4.41. The number of hydrogen-bond donors (Lipinski definition) is 1. The van der Waals surface area contributed by atoms with Crippen LogP contribution in [-0.2, 0) is 10.1 Å². The summed E-state index contributed by atoms with van der Waals surface area (Å²) in [6.45, 7) is 0. The minimum Gasteiger partial charge on any atom is -0.428 e. The molecule has 0 heterocycles. The third-order valence-corrected chi connectivity index (χ3v) is 5.28. The van der Waals surface area contributed by atoms with Gasteiger partial charge in [0.05, 0.1) is 4.90 Å². The number of ether oxygens (including phenoxy) is 1. The summed E-state index contributed by atoms with van der Waals surface area (Å²) < 4.78 is 284. The van der Waals surface area contributed by atoms with Crippen LogP contribution in [0.15, 0.2) is 40.8 Å². The van der Waals surface area contributed by atoms with E-state index in [0.717, 1.165) is 0 Å². The topological polar surface area (TPSA) is 63.6 Å². The predicted molar refractivity (Wildman–Crippen MR) is 86.8 cm³/mol. The van der Waals surface area contributed by atoms with E-state index in [9.17, 15) is 91.8 Å². The lowest BCUT2D eigenvalue weighted by Crippen LogP contribution is -2.66. The van der Waals surface area contributed by atoms with E-state index in [1.807, 2.05) is 0 Å². The first-order chi connectivity index (χ1) is 17.2. The minimum absolute atomic E-state index is 0.0801. The Morgan fingerprint density at radius 2 is 0.925 bits per heavy atom. The normalized spacial score (nSPS) is 16.1. The second-order valence-electron chi connectivity index (χ2n) is 7.14. The molecule has 0 atom stereocenters. The van der Waals surface area contributed by atoms with E-state index in [0.29, 0.717) is 0 Å². The molecular formula is C16H5F19O4S. The van der Waals surface area contributed by atoms with Gasteiger partial charge < -0.3 is 4.74 Å². The Hall–Kier alpha value is -2.66. The average molecular weight is 654 g/mol. The van der Waals surface area contributed by atoms with E-state index in [-0.39, 0.29) is 24.3 Å². The Kier molecular flexibility index (Phi) is 8.59. The molecule has 4 nitrogen and oxygen atoms in total. The van der Waals surface area contributed by atoms with Crippen molar-refractivity contribution in [1.82, 2.24) is 0 Å². The Morgan fingerprint density at radius 1 is 0.575 bits per heavy atom. The van der Waals surface area contributed by atoms with Crippen LogP contribution in [-0.4, -0.2) is 60.8 Å². The van der Waals surface area contributed by atoms with Gasteiger partial charge in [0.25, 0.3) is 10.1 Å². The van der Waals surface area contributed by atoms with Crippen LogP contribution in [0.2, 0.25) is 0 Å². The van der Waals surface area contributed by atoms with Crippen LogP contribution in [0.25, 0.3) is 0 Å². The van der Waals surface area contributed by atoms with Gasteiger partial charge in [-0.25, -0.2) is 8.78 Å². The molecule has 0 unspecified atom stereocenters. The molecule has 0 amide bonds. The van der Waals surface area contributed by atoms with Crippen molar-refractivity contribution in [2.24, 2.45) is 0 Å². The van der Waals surface area contributed by atoms with E-state index in [1.165, 1.54) is 0 Å². The van der Waals surface area contributed by atoms with Gasteiger partial charge in [0.15, 0.2) is 0 Å². The van der Waals surface area contributed by atoms with Crippen LogP contribution in [0, 0.1) is 0 Å². The summed E-state index contributed by atoms with van der Waals surface area (Å²) in [5, 5.41) is 0. The predicted octanol–water partition coefficient (Wildman–Crippen LogP) is 7.43. The van der Waals surface area contributed by atoms with Crippen LogP contribution in [0.1, 0.15) is 0 Å². The summed E-state index contributed by atoms with van der Waals surface area (Å²) in [5.41, 5.74) is 0. The third kappa shape index (κ3) is 5.34. The highest BCUT2D eigenvalue weighted by molar-refractivity contribution is 7.85. The zero-order chi connectivity index (χ0) is 32.3. The van der Waals surface area contributed by atoms with Crippen molar-refractivity contribution in [3.8, 4) is 5.75 Å². The molecule has 0 radical (unpaired) electrons. The van der Waals surface area contributed by atoms with E-state index in [4.69, 9.17) is 4.55 Å². The first-order valence-electron chi connectivity index (χ1n) is 8.79. The summed E-state index contributed by atoms with van der Waals surface area (Å²) in [6, 6.07) is -0.0152. The molecule has 0 saturated heterocycles. The maximum Gasteiger partial charge on any atom is 0.471 e. The van der Waals surface area contributed by atoms with E-state index in [2.05, 4.69) is 4.74 Å². The van der Waals surface area contributed by atoms with Crippen molar-refractivity contribution in [1.29, 1.82) is 0 Å². The lowest BCUT2D eigenvalue weighted by atomic mass is 9.95. The molecular weight excluding hydrogens is 649 g/mol. The highest BCUT2D eigenvalue weighted by Crippen LogP contribution is 2.60. The zero-order valence-electron chi connectivity index (χ0n) is 17.6. The van der Waals surface area contributed by atoms with Crippen molar-refractivity contribution in [3.63, 3.8) is 0 Å². The van der Waals surface area contributed by atoms with Gasteiger partial charge >= 0.3 is 47.8 Å². The number of rotatable bonds is 10. The van der Waals surface area contributed by atoms with Crippen LogP contribution in [0.4, 0.5) is 83.4 Å². The molecule has 1 aromatic carbocycles. The first-order valence-corrected chi connectivity index (χ1v) is 10.2. The molecule has 0 aliphatic heterocycles. The smallest absolute Gasteiger partial charge is 0.428 e. The molecule has 1 aromatic rings. The summed E-state index contributed by atoms with van der Waals surface area (Å²) >= 11 is 0. The summed E-state index contributed by atoms with van der Waals surface area (Å²) in [6.07, 6.45) is -14.8. The number of benzene rings is 1. The fourth-order valence-electron chi connectivity index (χ4n) is 2.20. The molecule has 0 bridgehead atoms. The van der Waals surface area contributed by atoms with Gasteiger partial charge in [-0.05, 0) is 24.3 Å². The summed E-state index contributed by atoms with van der Waals surface area (Å²) in [7, 11) is -5.09. The Balaban J connectivity index is 3.62. The lowest BCUT2D eigenvalue weighted by molar-refractivity contribution is -0.419. The first kappa shape index (κ1) is 35.4. The van der Waals surface area contributed by atoms with Gasteiger partial charge in [0.1, 0.15) is 5.75 Å². The quantitative estimate of drug-likeness (QED) is 0.211. The number of hydrogen-bond acceptors (Lipinski definition) is 3. The molecule has 1 rings (SSSR count). The van der Waals surface area contributed by atoms with Gasteiger partial charge in [0.2, 0.25) is 11.7 Å². The molecule has 0 saturated carbocycles. The van der Waals surface area contributed by atoms with Crippen LogP contribution in [0.5, 0.6) is 5.75 Å². The van der Waals surface area contributed by atoms with Gasteiger partial charge in [-0.1, -0.05) is 0 Å². The van der Waals surface area contributed by atoms with Crippen molar-refractivity contribution in [2.75, 3.05) is 0 Å². The molecule has 0 aliphatic rings. The second-order valence-corrected chi connectivity index (χ2v) is 8.56. The van der Waals surface area contributed by atoms with Gasteiger partial charge in [-0.3, -0.25) is 4.55 Å². The molecule has 24 heteroatoms. The van der Waals surface area contributed by atoms with Crippen LogP contribution in [0.3, 0.4) is 0 Å². The Bertz CT molecular complexity index is 1230. The minimum atomic E-state index is -8.56. The fraction of sp³-hybridized carbons (Fsp3) is 0.500. The lowest BCUT2D eigenvalue weighted by Gasteiger charge is -2.37. The van der Waals surface area contributed by atoms with E-state index >= 15 is 0 Å². The monoisotopic (exact) mass is 654 g/mol. The molecule has 0 aliphatic carbocycles. The SMILES string of the molecule is O=S(=O)(O)c1ccc(OC(F)(F)C(F)(F)C(F)(F)/C(F)=C(\F)C(F)(F)C(F)(F)C(F)(F)C(F)(F)C(F)(F)F)cc1. The van der Waals surface area contributed by atoms with Crippen molar-refractivity contribution in [3.05, 3.63) is 35.9 Å². The highest BCUT2D eigenvalue weighted by Gasteiger charge is 2.89. The maximum absolute atomic E-state index is 13.8. The van der Waals surface area contributed by atoms with Crippen molar-refractivity contribution in [2.45, 2.75) is 52.7 Å². The van der Waals surface area contributed by atoms with Crippen molar-refractivity contribution >= 4 is 10.1 Å². The van der Waals surface area contributed by atoms with Crippen molar-refractivity contribution < 1.29 is 101 Å².